The first-order valence-electron chi connectivity index (χ1n) is 5.17. The molecule has 0 saturated heterocycles. The number of halogens is 1. The number of hydrogen-bond donors (Lipinski definition) is 1. The van der Waals surface area contributed by atoms with E-state index in [2.05, 4.69) is 29.5 Å². The number of aliphatic hydroxyl groups is 1. The molecule has 0 spiro atoms. The standard InChI is InChI=1S/C12H17IO/c1-2-3-4-5-12(14)10-6-8-11(13)9-7-10/h6-9,12,14H,2-5H2,1H3/t12-/m0/s1. The maximum absolute atomic E-state index is 9.84. The van der Waals surface area contributed by atoms with E-state index in [4.69, 9.17) is 0 Å². The van der Waals surface area contributed by atoms with Crippen molar-refractivity contribution in [2.24, 2.45) is 0 Å². The third-order valence-corrected chi connectivity index (χ3v) is 3.06. The third kappa shape index (κ3) is 3.96. The van der Waals surface area contributed by atoms with Crippen molar-refractivity contribution in [1.29, 1.82) is 0 Å². The fraction of sp³-hybridized carbons (Fsp3) is 0.500. The molecule has 0 bridgehead atoms. The van der Waals surface area contributed by atoms with Crippen molar-refractivity contribution in [3.8, 4) is 0 Å². The Bertz CT molecular complexity index is 256. The van der Waals surface area contributed by atoms with Gasteiger partial charge in [-0.2, -0.15) is 0 Å². The van der Waals surface area contributed by atoms with E-state index in [1.807, 2.05) is 24.3 Å². The minimum absolute atomic E-state index is 0.279. The lowest BCUT2D eigenvalue weighted by molar-refractivity contribution is 0.163. The lowest BCUT2D eigenvalue weighted by Gasteiger charge is -2.10. The van der Waals surface area contributed by atoms with Gasteiger partial charge in [0.25, 0.3) is 0 Å². The monoisotopic (exact) mass is 304 g/mol. The molecule has 0 amide bonds. The van der Waals surface area contributed by atoms with E-state index in [0.29, 0.717) is 0 Å². The van der Waals surface area contributed by atoms with Gasteiger partial charge in [0.2, 0.25) is 0 Å². The van der Waals surface area contributed by atoms with Crippen LogP contribution in [0.2, 0.25) is 0 Å². The van der Waals surface area contributed by atoms with E-state index in [1.54, 1.807) is 0 Å². The summed E-state index contributed by atoms with van der Waals surface area (Å²) < 4.78 is 1.21. The Labute approximate surface area is 99.7 Å². The maximum atomic E-state index is 9.84. The van der Waals surface area contributed by atoms with Gasteiger partial charge in [0.1, 0.15) is 0 Å². The van der Waals surface area contributed by atoms with Crippen molar-refractivity contribution in [1.82, 2.24) is 0 Å². The van der Waals surface area contributed by atoms with Crippen LogP contribution in [-0.4, -0.2) is 5.11 Å². The summed E-state index contributed by atoms with van der Waals surface area (Å²) >= 11 is 2.27. The molecule has 1 aromatic rings. The van der Waals surface area contributed by atoms with Crippen LogP contribution in [0.5, 0.6) is 0 Å². The highest BCUT2D eigenvalue weighted by Crippen LogP contribution is 2.20. The quantitative estimate of drug-likeness (QED) is 0.646. The Hall–Kier alpha value is -0.0900. The average molecular weight is 304 g/mol. The van der Waals surface area contributed by atoms with Crippen molar-refractivity contribution in [2.45, 2.75) is 38.7 Å². The molecule has 1 aromatic carbocycles. The summed E-state index contributed by atoms with van der Waals surface area (Å²) in [6, 6.07) is 8.11. The molecule has 1 rings (SSSR count). The van der Waals surface area contributed by atoms with Crippen molar-refractivity contribution < 1.29 is 5.11 Å². The zero-order valence-corrected chi connectivity index (χ0v) is 10.7. The van der Waals surface area contributed by atoms with E-state index in [1.165, 1.54) is 16.4 Å². The molecule has 2 heteroatoms. The summed E-state index contributed by atoms with van der Waals surface area (Å²) in [5.74, 6) is 0. The zero-order valence-electron chi connectivity index (χ0n) is 8.54. The summed E-state index contributed by atoms with van der Waals surface area (Å²) in [7, 11) is 0. The first-order chi connectivity index (χ1) is 6.74. The zero-order chi connectivity index (χ0) is 10.4. The van der Waals surface area contributed by atoms with E-state index in [9.17, 15) is 5.11 Å². The van der Waals surface area contributed by atoms with Gasteiger partial charge in [-0.05, 0) is 46.7 Å². The van der Waals surface area contributed by atoms with E-state index < -0.39 is 0 Å². The van der Waals surface area contributed by atoms with E-state index in [-0.39, 0.29) is 6.10 Å². The molecule has 0 fully saturated rings. The highest BCUT2D eigenvalue weighted by molar-refractivity contribution is 14.1. The number of unbranched alkanes of at least 4 members (excludes halogenated alkanes) is 2. The first kappa shape index (κ1) is 12.0. The molecule has 0 aliphatic rings. The Morgan fingerprint density at radius 1 is 1.21 bits per heavy atom. The fourth-order valence-electron chi connectivity index (χ4n) is 1.44. The van der Waals surface area contributed by atoms with Gasteiger partial charge in [-0.3, -0.25) is 0 Å². The predicted molar refractivity (Wildman–Crippen MR) is 68.3 cm³/mol. The van der Waals surface area contributed by atoms with Gasteiger partial charge >= 0.3 is 0 Å². The third-order valence-electron chi connectivity index (χ3n) is 2.34. The molecule has 0 unspecified atom stereocenters. The molecule has 1 nitrogen and oxygen atoms in total. The summed E-state index contributed by atoms with van der Waals surface area (Å²) in [6.07, 6.45) is 4.14. The highest BCUT2D eigenvalue weighted by Gasteiger charge is 2.05. The number of benzene rings is 1. The van der Waals surface area contributed by atoms with Crippen LogP contribution in [0.1, 0.15) is 44.3 Å². The van der Waals surface area contributed by atoms with Crippen molar-refractivity contribution in [3.05, 3.63) is 33.4 Å². The average Bonchev–Trinajstić information content (AvgIpc) is 2.19. The molecule has 0 radical (unpaired) electrons. The van der Waals surface area contributed by atoms with E-state index >= 15 is 0 Å². The first-order valence-corrected chi connectivity index (χ1v) is 6.25. The lowest BCUT2D eigenvalue weighted by atomic mass is 10.0. The molecular weight excluding hydrogens is 287 g/mol. The lowest BCUT2D eigenvalue weighted by Crippen LogP contribution is -1.97. The minimum Gasteiger partial charge on any atom is -0.388 e. The van der Waals surface area contributed by atoms with Gasteiger partial charge in [-0.15, -0.1) is 0 Å². The summed E-state index contributed by atoms with van der Waals surface area (Å²) in [6.45, 7) is 2.18. The summed E-state index contributed by atoms with van der Waals surface area (Å²) in [5, 5.41) is 9.84. The molecule has 0 aliphatic carbocycles. The second-order valence-electron chi connectivity index (χ2n) is 3.56. The van der Waals surface area contributed by atoms with Gasteiger partial charge in [-0.1, -0.05) is 38.3 Å². The van der Waals surface area contributed by atoms with Crippen molar-refractivity contribution >= 4 is 22.6 Å². The molecule has 0 aliphatic heterocycles. The normalized spacial score (nSPS) is 12.8. The van der Waals surface area contributed by atoms with Crippen LogP contribution in [0.4, 0.5) is 0 Å². The molecule has 0 aromatic heterocycles. The van der Waals surface area contributed by atoms with Crippen molar-refractivity contribution in [2.75, 3.05) is 0 Å². The Kier molecular flexibility index (Phi) is 5.48. The van der Waals surface area contributed by atoms with Crippen LogP contribution in [0.25, 0.3) is 0 Å². The Balaban J connectivity index is 2.43. The Morgan fingerprint density at radius 2 is 1.86 bits per heavy atom. The highest BCUT2D eigenvalue weighted by atomic mass is 127. The van der Waals surface area contributed by atoms with Gasteiger partial charge in [0, 0.05) is 3.57 Å². The molecular formula is C12H17IO. The molecule has 0 heterocycles. The van der Waals surface area contributed by atoms with Crippen LogP contribution >= 0.6 is 22.6 Å². The number of hydrogen-bond acceptors (Lipinski definition) is 1. The van der Waals surface area contributed by atoms with Crippen LogP contribution in [0, 0.1) is 3.57 Å². The SMILES string of the molecule is CCCCC[C@H](O)c1ccc(I)cc1. The van der Waals surface area contributed by atoms with E-state index in [0.717, 1.165) is 18.4 Å². The van der Waals surface area contributed by atoms with Gasteiger partial charge in [0.05, 0.1) is 6.10 Å². The molecule has 1 atom stereocenters. The molecule has 14 heavy (non-hydrogen) atoms. The topological polar surface area (TPSA) is 20.2 Å². The summed E-state index contributed by atoms with van der Waals surface area (Å²) in [4.78, 5) is 0. The van der Waals surface area contributed by atoms with Gasteiger partial charge in [0.15, 0.2) is 0 Å². The largest absolute Gasteiger partial charge is 0.388 e. The Morgan fingerprint density at radius 3 is 2.43 bits per heavy atom. The fourth-order valence-corrected chi connectivity index (χ4v) is 1.80. The molecule has 78 valence electrons. The van der Waals surface area contributed by atoms with Crippen LogP contribution in [0.3, 0.4) is 0 Å². The van der Waals surface area contributed by atoms with Gasteiger partial charge in [-0.25, -0.2) is 0 Å². The summed E-state index contributed by atoms with van der Waals surface area (Å²) in [5.41, 5.74) is 1.04. The van der Waals surface area contributed by atoms with Crippen LogP contribution in [0.15, 0.2) is 24.3 Å². The van der Waals surface area contributed by atoms with Crippen LogP contribution < -0.4 is 0 Å². The van der Waals surface area contributed by atoms with Crippen molar-refractivity contribution in [3.63, 3.8) is 0 Å². The minimum atomic E-state index is -0.279. The predicted octanol–water partition coefficient (Wildman–Crippen LogP) is 3.90. The number of aliphatic hydroxyl groups excluding tert-OH is 1. The second-order valence-corrected chi connectivity index (χ2v) is 4.81. The second kappa shape index (κ2) is 6.40. The van der Waals surface area contributed by atoms with Crippen LogP contribution in [-0.2, 0) is 0 Å². The maximum Gasteiger partial charge on any atom is 0.0790 e. The molecule has 0 saturated carbocycles. The van der Waals surface area contributed by atoms with Gasteiger partial charge < -0.3 is 5.11 Å². The smallest absolute Gasteiger partial charge is 0.0790 e. The molecule has 1 N–H and O–H groups in total. The number of rotatable bonds is 5.